The molecule has 1 saturated carbocycles. The predicted octanol–water partition coefficient (Wildman–Crippen LogP) is 6.71. The van der Waals surface area contributed by atoms with Crippen LogP contribution in [0.2, 0.25) is 0 Å². The minimum absolute atomic E-state index is 0.0920. The number of methoxy groups -OCH3 is 1. The predicted molar refractivity (Wildman–Crippen MR) is 93.3 cm³/mol. The minimum Gasteiger partial charge on any atom is -0.379 e. The van der Waals surface area contributed by atoms with Crippen molar-refractivity contribution in [3.05, 3.63) is 0 Å². The molecule has 1 heteroatoms. The number of ether oxygens (including phenoxy) is 1. The standard InChI is InChI=1S/C9H18.C7H16O.C3H8/c1-7-4-5-8(2)9(3)6-7;1-5-6-7(2,3)8-4;1-3-2/h7-9H,4-6H2,1-3H3;5-6H2,1-4H3;3H2,1-2H3. The summed E-state index contributed by atoms with van der Waals surface area (Å²) in [6.45, 7) is 17.8. The van der Waals surface area contributed by atoms with Crippen molar-refractivity contribution in [2.75, 3.05) is 7.11 Å². The maximum Gasteiger partial charge on any atom is 0.0622 e. The van der Waals surface area contributed by atoms with Crippen LogP contribution in [-0.4, -0.2) is 12.7 Å². The van der Waals surface area contributed by atoms with Crippen LogP contribution in [0.4, 0.5) is 0 Å². The van der Waals surface area contributed by atoms with Crippen LogP contribution in [0.5, 0.6) is 0 Å². The van der Waals surface area contributed by atoms with E-state index >= 15 is 0 Å². The maximum atomic E-state index is 5.18. The van der Waals surface area contributed by atoms with Crippen molar-refractivity contribution in [2.45, 2.75) is 99.5 Å². The van der Waals surface area contributed by atoms with E-state index in [4.69, 9.17) is 4.74 Å². The van der Waals surface area contributed by atoms with Crippen LogP contribution in [0, 0.1) is 17.8 Å². The number of hydrogen-bond donors (Lipinski definition) is 0. The fourth-order valence-corrected chi connectivity index (χ4v) is 2.52. The highest BCUT2D eigenvalue weighted by Crippen LogP contribution is 2.32. The molecular weight excluding hydrogens is 244 g/mol. The Morgan fingerprint density at radius 1 is 0.950 bits per heavy atom. The molecule has 0 aromatic rings. The van der Waals surface area contributed by atoms with E-state index < -0.39 is 0 Å². The van der Waals surface area contributed by atoms with Gasteiger partial charge in [-0.1, -0.05) is 67.2 Å². The molecule has 1 rings (SSSR count). The Morgan fingerprint density at radius 2 is 1.45 bits per heavy atom. The summed E-state index contributed by atoms with van der Waals surface area (Å²) >= 11 is 0. The van der Waals surface area contributed by atoms with E-state index in [1.165, 1.54) is 32.1 Å². The topological polar surface area (TPSA) is 9.23 Å². The van der Waals surface area contributed by atoms with Gasteiger partial charge in [-0.2, -0.15) is 0 Å². The third-order valence-corrected chi connectivity index (χ3v) is 4.27. The molecule has 3 atom stereocenters. The first kappa shape index (κ1) is 22.2. The van der Waals surface area contributed by atoms with Crippen LogP contribution in [0.15, 0.2) is 0 Å². The first-order valence-corrected chi connectivity index (χ1v) is 8.79. The van der Waals surface area contributed by atoms with Gasteiger partial charge in [-0.15, -0.1) is 0 Å². The highest BCUT2D eigenvalue weighted by atomic mass is 16.5. The van der Waals surface area contributed by atoms with Gasteiger partial charge in [0.15, 0.2) is 0 Å². The lowest BCUT2D eigenvalue weighted by atomic mass is 9.77. The van der Waals surface area contributed by atoms with Crippen LogP contribution in [0.3, 0.4) is 0 Å². The Labute approximate surface area is 129 Å². The molecule has 1 nitrogen and oxygen atoms in total. The second kappa shape index (κ2) is 12.7. The highest BCUT2D eigenvalue weighted by Gasteiger charge is 2.20. The molecule has 1 fully saturated rings. The largest absolute Gasteiger partial charge is 0.379 e. The van der Waals surface area contributed by atoms with Crippen molar-refractivity contribution in [1.82, 2.24) is 0 Å². The van der Waals surface area contributed by atoms with Crippen LogP contribution < -0.4 is 0 Å². The Kier molecular flexibility index (Phi) is 14.1. The number of hydrogen-bond acceptors (Lipinski definition) is 1. The summed E-state index contributed by atoms with van der Waals surface area (Å²) < 4.78 is 5.18. The van der Waals surface area contributed by atoms with Crippen molar-refractivity contribution in [1.29, 1.82) is 0 Å². The lowest BCUT2D eigenvalue weighted by Gasteiger charge is -2.29. The summed E-state index contributed by atoms with van der Waals surface area (Å²) in [5, 5.41) is 0. The first-order chi connectivity index (χ1) is 9.23. The molecule has 1 aliphatic rings. The third kappa shape index (κ3) is 13.0. The van der Waals surface area contributed by atoms with Gasteiger partial charge in [0.2, 0.25) is 0 Å². The lowest BCUT2D eigenvalue weighted by Crippen LogP contribution is -2.21. The highest BCUT2D eigenvalue weighted by molar-refractivity contribution is 4.72. The Balaban J connectivity index is 0. The number of rotatable bonds is 3. The molecule has 20 heavy (non-hydrogen) atoms. The van der Waals surface area contributed by atoms with Gasteiger partial charge >= 0.3 is 0 Å². The summed E-state index contributed by atoms with van der Waals surface area (Å²) in [6.07, 6.45) is 7.97. The van der Waals surface area contributed by atoms with Crippen LogP contribution in [-0.2, 0) is 4.74 Å². The van der Waals surface area contributed by atoms with Crippen molar-refractivity contribution < 1.29 is 4.74 Å². The minimum atomic E-state index is 0.0920. The van der Waals surface area contributed by atoms with E-state index in [-0.39, 0.29) is 5.60 Å². The van der Waals surface area contributed by atoms with Crippen molar-refractivity contribution in [3.8, 4) is 0 Å². The van der Waals surface area contributed by atoms with Gasteiger partial charge in [0.1, 0.15) is 0 Å². The van der Waals surface area contributed by atoms with Gasteiger partial charge in [0, 0.05) is 7.11 Å². The smallest absolute Gasteiger partial charge is 0.0622 e. The molecule has 0 bridgehead atoms. The lowest BCUT2D eigenvalue weighted by molar-refractivity contribution is 0.0149. The zero-order valence-corrected chi connectivity index (χ0v) is 15.9. The van der Waals surface area contributed by atoms with E-state index in [0.29, 0.717) is 0 Å². The normalized spacial score (nSPS) is 25.9. The summed E-state index contributed by atoms with van der Waals surface area (Å²) in [5.74, 6) is 2.96. The monoisotopic (exact) mass is 286 g/mol. The molecule has 0 spiro atoms. The first-order valence-electron chi connectivity index (χ1n) is 8.79. The van der Waals surface area contributed by atoms with E-state index in [1.807, 2.05) is 0 Å². The van der Waals surface area contributed by atoms with Gasteiger partial charge in [0.25, 0.3) is 0 Å². The molecule has 3 unspecified atom stereocenters. The zero-order valence-electron chi connectivity index (χ0n) is 15.9. The van der Waals surface area contributed by atoms with Crippen LogP contribution in [0.1, 0.15) is 93.9 Å². The molecule has 0 N–H and O–H groups in total. The molecule has 0 aromatic carbocycles. The Bertz CT molecular complexity index is 198. The molecule has 0 aliphatic heterocycles. The van der Waals surface area contributed by atoms with Gasteiger partial charge < -0.3 is 4.74 Å². The molecule has 0 radical (unpaired) electrons. The van der Waals surface area contributed by atoms with E-state index in [1.54, 1.807) is 7.11 Å². The maximum absolute atomic E-state index is 5.18. The summed E-state index contributed by atoms with van der Waals surface area (Å²) in [5.41, 5.74) is 0.0920. The fourth-order valence-electron chi connectivity index (χ4n) is 2.52. The molecule has 0 amide bonds. The third-order valence-electron chi connectivity index (χ3n) is 4.27. The van der Waals surface area contributed by atoms with Crippen molar-refractivity contribution in [3.63, 3.8) is 0 Å². The molecular formula is C19H42O. The molecule has 0 aromatic heterocycles. The Morgan fingerprint density at radius 3 is 1.70 bits per heavy atom. The molecule has 0 saturated heterocycles. The van der Waals surface area contributed by atoms with Gasteiger partial charge in [0.05, 0.1) is 5.60 Å². The molecule has 124 valence electrons. The van der Waals surface area contributed by atoms with E-state index in [9.17, 15) is 0 Å². The van der Waals surface area contributed by atoms with Crippen molar-refractivity contribution in [2.24, 2.45) is 17.8 Å². The average molecular weight is 287 g/mol. The summed E-state index contributed by atoms with van der Waals surface area (Å²) in [4.78, 5) is 0. The van der Waals surface area contributed by atoms with Crippen LogP contribution >= 0.6 is 0 Å². The summed E-state index contributed by atoms with van der Waals surface area (Å²) in [7, 11) is 1.76. The van der Waals surface area contributed by atoms with Crippen LogP contribution in [0.25, 0.3) is 0 Å². The summed E-state index contributed by atoms with van der Waals surface area (Å²) in [6, 6.07) is 0. The average Bonchev–Trinajstić information content (AvgIpc) is 2.36. The SMILES string of the molecule is CC1CCC(C)C(C)C1.CCC.CCCC(C)(C)OC. The molecule has 1 aliphatic carbocycles. The van der Waals surface area contributed by atoms with Gasteiger partial charge in [-0.05, 0) is 44.4 Å². The van der Waals surface area contributed by atoms with Crippen molar-refractivity contribution >= 4 is 0 Å². The van der Waals surface area contributed by atoms with Gasteiger partial charge in [-0.3, -0.25) is 0 Å². The Hall–Kier alpha value is -0.0400. The van der Waals surface area contributed by atoms with Gasteiger partial charge in [-0.25, -0.2) is 0 Å². The second-order valence-corrected chi connectivity index (χ2v) is 7.29. The molecule has 0 heterocycles. The zero-order chi connectivity index (χ0) is 16.2. The van der Waals surface area contributed by atoms with E-state index in [2.05, 4.69) is 55.4 Å². The fraction of sp³-hybridized carbons (Fsp3) is 1.00. The second-order valence-electron chi connectivity index (χ2n) is 7.29. The van der Waals surface area contributed by atoms with E-state index in [0.717, 1.165) is 24.2 Å². The quantitative estimate of drug-likeness (QED) is 0.560.